The third-order valence-electron chi connectivity index (χ3n) is 3.57. The third-order valence-corrected chi connectivity index (χ3v) is 3.57. The van der Waals surface area contributed by atoms with E-state index in [1.807, 2.05) is 6.92 Å². The normalized spacial score (nSPS) is 20.4. The van der Waals surface area contributed by atoms with Gasteiger partial charge in [0.25, 0.3) is 0 Å². The smallest absolute Gasteiger partial charge is 0.326 e. The molecule has 0 aromatic rings. The molecule has 1 atom stereocenters. The summed E-state index contributed by atoms with van der Waals surface area (Å²) < 4.78 is 5.25. The van der Waals surface area contributed by atoms with Crippen LogP contribution in [0, 0.1) is 0 Å². The second-order valence-electron chi connectivity index (χ2n) is 4.71. The lowest BCUT2D eigenvalue weighted by molar-refractivity contribution is -0.161. The van der Waals surface area contributed by atoms with E-state index in [0.29, 0.717) is 13.0 Å². The first kappa shape index (κ1) is 15.4. The lowest BCUT2D eigenvalue weighted by Gasteiger charge is -2.43. The van der Waals surface area contributed by atoms with Gasteiger partial charge in [-0.2, -0.15) is 0 Å². The van der Waals surface area contributed by atoms with E-state index in [1.165, 1.54) is 0 Å². The zero-order chi connectivity index (χ0) is 13.4. The zero-order valence-corrected chi connectivity index (χ0v) is 11.6. The van der Waals surface area contributed by atoms with E-state index in [1.54, 1.807) is 0 Å². The van der Waals surface area contributed by atoms with Crippen LogP contribution in [-0.2, 0) is 9.53 Å². The monoisotopic (exact) mass is 258 g/mol. The molecule has 0 amide bonds. The molecule has 0 saturated carbocycles. The number of esters is 1. The maximum absolute atomic E-state index is 12.3. The number of nitrogens with one attached hydrogen (secondary N) is 1. The highest BCUT2D eigenvalue weighted by Crippen LogP contribution is 2.28. The van der Waals surface area contributed by atoms with Crippen LogP contribution in [0.25, 0.3) is 0 Å². The number of rotatable bonds is 7. The Bertz CT molecular complexity index is 247. The first-order chi connectivity index (χ1) is 8.71. The number of hydrogen-bond donors (Lipinski definition) is 2. The van der Waals surface area contributed by atoms with E-state index >= 15 is 0 Å². The molecule has 0 aromatic carbocycles. The molecule has 106 valence electrons. The lowest BCUT2D eigenvalue weighted by atomic mass is 9.87. The average Bonchev–Trinajstić information content (AvgIpc) is 2.39. The standard InChI is InChI=1S/C13H26N2O3/c1-3-5-13(6-11-16,12(17)18-4-2)15-9-7-14-8-10-15/h14,16H,3-11H2,1-2H3. The number of hydrogen-bond acceptors (Lipinski definition) is 5. The van der Waals surface area contributed by atoms with Gasteiger partial charge in [-0.15, -0.1) is 0 Å². The molecule has 5 heteroatoms. The van der Waals surface area contributed by atoms with Crippen molar-refractivity contribution < 1.29 is 14.6 Å². The molecule has 1 rings (SSSR count). The molecule has 1 saturated heterocycles. The van der Waals surface area contributed by atoms with Crippen molar-refractivity contribution in [1.29, 1.82) is 0 Å². The van der Waals surface area contributed by atoms with Crippen LogP contribution in [0.1, 0.15) is 33.1 Å². The maximum atomic E-state index is 12.3. The number of carbonyl (C=O) groups excluding carboxylic acids is 1. The zero-order valence-electron chi connectivity index (χ0n) is 11.6. The van der Waals surface area contributed by atoms with E-state index in [4.69, 9.17) is 4.74 Å². The summed E-state index contributed by atoms with van der Waals surface area (Å²) in [6.07, 6.45) is 2.11. The van der Waals surface area contributed by atoms with Crippen molar-refractivity contribution in [3.05, 3.63) is 0 Å². The molecule has 1 aliphatic rings. The van der Waals surface area contributed by atoms with Gasteiger partial charge < -0.3 is 15.2 Å². The second kappa shape index (κ2) is 7.71. The number of nitrogens with zero attached hydrogens (tertiary/aromatic N) is 1. The van der Waals surface area contributed by atoms with Gasteiger partial charge in [0.1, 0.15) is 5.54 Å². The molecule has 0 bridgehead atoms. The number of piperazine rings is 1. The Labute approximate surface area is 109 Å². The molecule has 0 spiro atoms. The van der Waals surface area contributed by atoms with Gasteiger partial charge >= 0.3 is 5.97 Å². The van der Waals surface area contributed by atoms with Crippen molar-refractivity contribution in [3.8, 4) is 0 Å². The summed E-state index contributed by atoms with van der Waals surface area (Å²) in [4.78, 5) is 14.5. The van der Waals surface area contributed by atoms with E-state index < -0.39 is 5.54 Å². The number of aliphatic hydroxyl groups is 1. The van der Waals surface area contributed by atoms with Gasteiger partial charge in [-0.3, -0.25) is 9.69 Å². The summed E-state index contributed by atoms with van der Waals surface area (Å²) in [7, 11) is 0. The molecule has 1 heterocycles. The van der Waals surface area contributed by atoms with Crippen LogP contribution in [0.4, 0.5) is 0 Å². The van der Waals surface area contributed by atoms with Crippen LogP contribution >= 0.6 is 0 Å². The Balaban J connectivity index is 2.90. The highest BCUT2D eigenvalue weighted by Gasteiger charge is 2.44. The van der Waals surface area contributed by atoms with Crippen molar-refractivity contribution in [3.63, 3.8) is 0 Å². The Morgan fingerprint density at radius 2 is 2.00 bits per heavy atom. The molecule has 2 N–H and O–H groups in total. The fourth-order valence-corrected chi connectivity index (χ4v) is 2.73. The van der Waals surface area contributed by atoms with Crippen LogP contribution in [0.15, 0.2) is 0 Å². The van der Waals surface area contributed by atoms with Crippen molar-refractivity contribution >= 4 is 5.97 Å². The molecular formula is C13H26N2O3. The van der Waals surface area contributed by atoms with Crippen molar-refractivity contribution in [2.75, 3.05) is 39.4 Å². The molecule has 0 aliphatic carbocycles. The summed E-state index contributed by atoms with van der Waals surface area (Å²) in [5, 5.41) is 12.6. The third kappa shape index (κ3) is 3.43. The van der Waals surface area contributed by atoms with Gasteiger partial charge in [0.05, 0.1) is 6.61 Å². The summed E-state index contributed by atoms with van der Waals surface area (Å²) in [5.41, 5.74) is -0.637. The molecule has 1 fully saturated rings. The summed E-state index contributed by atoms with van der Waals surface area (Å²) in [6.45, 7) is 7.73. The fourth-order valence-electron chi connectivity index (χ4n) is 2.73. The average molecular weight is 258 g/mol. The SMILES string of the molecule is CCCC(CCO)(C(=O)OCC)N1CCNCC1. The molecule has 1 unspecified atom stereocenters. The second-order valence-corrected chi connectivity index (χ2v) is 4.71. The van der Waals surface area contributed by atoms with Crippen LogP contribution in [0.2, 0.25) is 0 Å². The van der Waals surface area contributed by atoms with Gasteiger partial charge in [0, 0.05) is 32.8 Å². The highest BCUT2D eigenvalue weighted by atomic mass is 16.5. The van der Waals surface area contributed by atoms with Crippen molar-refractivity contribution in [2.45, 2.75) is 38.6 Å². The summed E-state index contributed by atoms with van der Waals surface area (Å²) in [5.74, 6) is -0.178. The molecule has 1 aliphatic heterocycles. The molecular weight excluding hydrogens is 232 g/mol. The molecule has 18 heavy (non-hydrogen) atoms. The van der Waals surface area contributed by atoms with Crippen LogP contribution in [0.3, 0.4) is 0 Å². The van der Waals surface area contributed by atoms with E-state index in [0.717, 1.165) is 39.0 Å². The number of ether oxygens (including phenoxy) is 1. The van der Waals surface area contributed by atoms with E-state index in [-0.39, 0.29) is 12.6 Å². The quantitative estimate of drug-likeness (QED) is 0.646. The highest BCUT2D eigenvalue weighted by molar-refractivity contribution is 5.81. The van der Waals surface area contributed by atoms with Crippen molar-refractivity contribution in [1.82, 2.24) is 10.2 Å². The first-order valence-electron chi connectivity index (χ1n) is 6.95. The number of carbonyl (C=O) groups is 1. The van der Waals surface area contributed by atoms with E-state index in [9.17, 15) is 9.90 Å². The molecule has 0 aromatic heterocycles. The predicted octanol–water partition coefficient (Wildman–Crippen LogP) is 0.376. The fraction of sp³-hybridized carbons (Fsp3) is 0.923. The van der Waals surface area contributed by atoms with Crippen molar-refractivity contribution in [2.24, 2.45) is 0 Å². The minimum atomic E-state index is -0.637. The van der Waals surface area contributed by atoms with Gasteiger partial charge in [0.2, 0.25) is 0 Å². The summed E-state index contributed by atoms with van der Waals surface area (Å²) in [6, 6.07) is 0. The molecule has 0 radical (unpaired) electrons. The van der Waals surface area contributed by atoms with Crippen LogP contribution in [-0.4, -0.2) is 60.9 Å². The minimum Gasteiger partial charge on any atom is -0.465 e. The topological polar surface area (TPSA) is 61.8 Å². The van der Waals surface area contributed by atoms with Crippen LogP contribution in [0.5, 0.6) is 0 Å². The Morgan fingerprint density at radius 1 is 1.33 bits per heavy atom. The Kier molecular flexibility index (Phi) is 6.60. The first-order valence-corrected chi connectivity index (χ1v) is 6.95. The van der Waals surface area contributed by atoms with Gasteiger partial charge in [-0.05, 0) is 19.8 Å². The van der Waals surface area contributed by atoms with Gasteiger partial charge in [-0.25, -0.2) is 0 Å². The van der Waals surface area contributed by atoms with Gasteiger partial charge in [-0.1, -0.05) is 13.3 Å². The predicted molar refractivity (Wildman–Crippen MR) is 70.4 cm³/mol. The van der Waals surface area contributed by atoms with E-state index in [2.05, 4.69) is 17.1 Å². The number of aliphatic hydroxyl groups excluding tert-OH is 1. The van der Waals surface area contributed by atoms with Crippen LogP contribution < -0.4 is 5.32 Å². The lowest BCUT2D eigenvalue weighted by Crippen LogP contribution is -2.61. The maximum Gasteiger partial charge on any atom is 0.326 e. The Hall–Kier alpha value is -0.650. The summed E-state index contributed by atoms with van der Waals surface area (Å²) >= 11 is 0. The van der Waals surface area contributed by atoms with Gasteiger partial charge in [0.15, 0.2) is 0 Å². The minimum absolute atomic E-state index is 0.0166. The molecule has 5 nitrogen and oxygen atoms in total. The Morgan fingerprint density at radius 3 is 2.50 bits per heavy atom. The largest absolute Gasteiger partial charge is 0.465 e.